The van der Waals surface area contributed by atoms with E-state index >= 15 is 0 Å². The molecule has 0 atom stereocenters. The zero-order chi connectivity index (χ0) is 13.2. The van der Waals surface area contributed by atoms with Crippen LogP contribution in [0.25, 0.3) is 0 Å². The zero-order valence-corrected chi connectivity index (χ0v) is 9.50. The Morgan fingerprint density at radius 1 is 1.33 bits per heavy atom. The van der Waals surface area contributed by atoms with Gasteiger partial charge in [0.25, 0.3) is 0 Å². The van der Waals surface area contributed by atoms with Crippen molar-refractivity contribution in [3.05, 3.63) is 6.33 Å². The Labute approximate surface area is 101 Å². The summed E-state index contributed by atoms with van der Waals surface area (Å²) in [4.78, 5) is 15.5. The Morgan fingerprint density at radius 3 is 2.50 bits per heavy atom. The summed E-state index contributed by atoms with van der Waals surface area (Å²) in [5, 5.41) is 8.53. The summed E-state index contributed by atoms with van der Waals surface area (Å²) in [5.74, 6) is -1.73. The minimum absolute atomic E-state index is 0.0119. The molecule has 8 heteroatoms. The molecule has 1 heterocycles. The Kier molecular flexibility index (Phi) is 3.53. The van der Waals surface area contributed by atoms with E-state index in [1.54, 1.807) is 0 Å². The molecule has 0 bridgehead atoms. The maximum Gasteiger partial charge on any atom is 0.391 e. The van der Waals surface area contributed by atoms with Gasteiger partial charge in [-0.05, 0) is 25.7 Å². The Balaban J connectivity index is 1.84. The molecule has 100 valence electrons. The van der Waals surface area contributed by atoms with Gasteiger partial charge in [-0.1, -0.05) is 0 Å². The zero-order valence-electron chi connectivity index (χ0n) is 9.50. The predicted octanol–water partition coefficient (Wildman–Crippen LogP) is 2.11. The number of aromatic nitrogens is 3. The van der Waals surface area contributed by atoms with E-state index in [1.807, 2.05) is 0 Å². The SMILES string of the molecule is O=C(Nc1ncn[nH]1)C1CCC(C(F)(F)F)CC1. The molecule has 1 fully saturated rings. The Bertz CT molecular complexity index is 396. The van der Waals surface area contributed by atoms with Gasteiger partial charge >= 0.3 is 6.18 Å². The van der Waals surface area contributed by atoms with Gasteiger partial charge in [-0.2, -0.15) is 23.3 Å². The van der Waals surface area contributed by atoms with Crippen LogP contribution < -0.4 is 5.32 Å². The van der Waals surface area contributed by atoms with Gasteiger partial charge in [-0.3, -0.25) is 10.1 Å². The minimum atomic E-state index is -4.15. The van der Waals surface area contributed by atoms with Crippen LogP contribution in [0.15, 0.2) is 6.33 Å². The van der Waals surface area contributed by atoms with Crippen molar-refractivity contribution in [1.82, 2.24) is 15.2 Å². The Hall–Kier alpha value is -1.60. The molecule has 1 aromatic rings. The molecule has 1 saturated carbocycles. The van der Waals surface area contributed by atoms with Crippen molar-refractivity contribution in [2.75, 3.05) is 5.32 Å². The average molecular weight is 262 g/mol. The third kappa shape index (κ3) is 2.99. The third-order valence-corrected chi connectivity index (χ3v) is 3.22. The maximum absolute atomic E-state index is 12.5. The topological polar surface area (TPSA) is 70.7 Å². The average Bonchev–Trinajstić information content (AvgIpc) is 2.81. The molecule has 1 amide bonds. The van der Waals surface area contributed by atoms with Crippen molar-refractivity contribution < 1.29 is 18.0 Å². The smallest absolute Gasteiger partial charge is 0.295 e. The van der Waals surface area contributed by atoms with Crippen LogP contribution in [0.5, 0.6) is 0 Å². The quantitative estimate of drug-likeness (QED) is 0.857. The largest absolute Gasteiger partial charge is 0.391 e. The van der Waals surface area contributed by atoms with E-state index in [9.17, 15) is 18.0 Å². The van der Waals surface area contributed by atoms with Crippen LogP contribution in [0.2, 0.25) is 0 Å². The van der Waals surface area contributed by atoms with E-state index in [0.717, 1.165) is 0 Å². The molecule has 0 radical (unpaired) electrons. The summed E-state index contributed by atoms with van der Waals surface area (Å²) in [7, 11) is 0. The van der Waals surface area contributed by atoms with Crippen LogP contribution in [0, 0.1) is 11.8 Å². The first kappa shape index (κ1) is 12.8. The lowest BCUT2D eigenvalue weighted by Gasteiger charge is -2.28. The summed E-state index contributed by atoms with van der Waals surface area (Å²) in [6.45, 7) is 0. The molecule has 1 aromatic heterocycles. The number of amides is 1. The second-order valence-corrected chi connectivity index (χ2v) is 4.41. The molecular weight excluding hydrogens is 249 g/mol. The highest BCUT2D eigenvalue weighted by Crippen LogP contribution is 2.39. The normalized spacial score (nSPS) is 24.8. The number of carbonyl (C=O) groups excluding carboxylic acids is 1. The van der Waals surface area contributed by atoms with E-state index in [-0.39, 0.29) is 43.5 Å². The number of rotatable bonds is 2. The fraction of sp³-hybridized carbons (Fsp3) is 0.700. The summed E-state index contributed by atoms with van der Waals surface area (Å²) in [5.41, 5.74) is 0. The van der Waals surface area contributed by atoms with E-state index in [1.165, 1.54) is 6.33 Å². The highest BCUT2D eigenvalue weighted by Gasteiger charge is 2.42. The van der Waals surface area contributed by atoms with E-state index in [2.05, 4.69) is 20.5 Å². The van der Waals surface area contributed by atoms with Crippen molar-refractivity contribution in [1.29, 1.82) is 0 Å². The molecule has 1 aliphatic carbocycles. The van der Waals surface area contributed by atoms with Gasteiger partial charge in [0.2, 0.25) is 11.9 Å². The molecule has 18 heavy (non-hydrogen) atoms. The van der Waals surface area contributed by atoms with Crippen LogP contribution >= 0.6 is 0 Å². The van der Waals surface area contributed by atoms with Gasteiger partial charge in [0.05, 0.1) is 5.92 Å². The van der Waals surface area contributed by atoms with E-state index in [4.69, 9.17) is 0 Å². The van der Waals surface area contributed by atoms with Crippen molar-refractivity contribution in [2.45, 2.75) is 31.9 Å². The minimum Gasteiger partial charge on any atom is -0.295 e. The first-order valence-electron chi connectivity index (χ1n) is 5.70. The third-order valence-electron chi connectivity index (χ3n) is 3.22. The maximum atomic E-state index is 12.5. The fourth-order valence-electron chi connectivity index (χ4n) is 2.17. The lowest BCUT2D eigenvalue weighted by atomic mass is 9.81. The summed E-state index contributed by atoms with van der Waals surface area (Å²) >= 11 is 0. The number of halogens is 3. The Morgan fingerprint density at radius 2 is 2.00 bits per heavy atom. The van der Waals surface area contributed by atoms with Gasteiger partial charge in [-0.25, -0.2) is 5.10 Å². The highest BCUT2D eigenvalue weighted by molar-refractivity contribution is 5.90. The van der Waals surface area contributed by atoms with Crippen LogP contribution in [0.3, 0.4) is 0 Å². The molecule has 5 nitrogen and oxygen atoms in total. The number of H-pyrrole nitrogens is 1. The lowest BCUT2D eigenvalue weighted by molar-refractivity contribution is -0.184. The number of hydrogen-bond donors (Lipinski definition) is 2. The second-order valence-electron chi connectivity index (χ2n) is 4.41. The summed E-state index contributed by atoms with van der Waals surface area (Å²) in [6.07, 6.45) is -2.37. The number of hydrogen-bond acceptors (Lipinski definition) is 3. The molecule has 2 N–H and O–H groups in total. The van der Waals surface area contributed by atoms with Crippen molar-refractivity contribution in [3.63, 3.8) is 0 Å². The van der Waals surface area contributed by atoms with Gasteiger partial charge in [0.15, 0.2) is 0 Å². The number of carbonyl (C=O) groups is 1. The molecule has 1 aliphatic rings. The molecule has 0 unspecified atom stereocenters. The predicted molar refractivity (Wildman–Crippen MR) is 56.5 cm³/mol. The monoisotopic (exact) mass is 262 g/mol. The van der Waals surface area contributed by atoms with Crippen LogP contribution in [0.4, 0.5) is 19.1 Å². The fourth-order valence-corrected chi connectivity index (χ4v) is 2.17. The van der Waals surface area contributed by atoms with Gasteiger partial charge in [0, 0.05) is 5.92 Å². The van der Waals surface area contributed by atoms with E-state index in [0.29, 0.717) is 0 Å². The lowest BCUT2D eigenvalue weighted by Crippen LogP contribution is -2.32. The first-order chi connectivity index (χ1) is 8.47. The van der Waals surface area contributed by atoms with Crippen LogP contribution in [-0.2, 0) is 4.79 Å². The second kappa shape index (κ2) is 4.95. The van der Waals surface area contributed by atoms with Crippen LogP contribution in [0.1, 0.15) is 25.7 Å². The number of aromatic amines is 1. The molecule has 0 spiro atoms. The summed E-state index contributed by atoms with van der Waals surface area (Å²) < 4.78 is 37.4. The highest BCUT2D eigenvalue weighted by atomic mass is 19.4. The molecule has 2 rings (SSSR count). The molecule has 0 aromatic carbocycles. The van der Waals surface area contributed by atoms with Crippen LogP contribution in [-0.4, -0.2) is 27.3 Å². The number of nitrogens with one attached hydrogen (secondary N) is 2. The molecule has 0 saturated heterocycles. The van der Waals surface area contributed by atoms with Gasteiger partial charge in [0.1, 0.15) is 6.33 Å². The van der Waals surface area contributed by atoms with E-state index < -0.39 is 12.1 Å². The first-order valence-corrected chi connectivity index (χ1v) is 5.70. The van der Waals surface area contributed by atoms with Crippen molar-refractivity contribution in [2.24, 2.45) is 11.8 Å². The molecular formula is C10H13F3N4O. The number of nitrogens with zero attached hydrogens (tertiary/aromatic N) is 2. The number of alkyl halides is 3. The molecule has 0 aliphatic heterocycles. The summed E-state index contributed by atoms with van der Waals surface area (Å²) in [6, 6.07) is 0. The van der Waals surface area contributed by atoms with Crippen molar-refractivity contribution in [3.8, 4) is 0 Å². The standard InChI is InChI=1S/C10H13F3N4O/c11-10(12,13)7-3-1-6(2-4-7)8(18)16-9-14-5-15-17-9/h5-7H,1-4H2,(H2,14,15,16,17,18). The van der Waals surface area contributed by atoms with Gasteiger partial charge < -0.3 is 0 Å². The van der Waals surface area contributed by atoms with Gasteiger partial charge in [-0.15, -0.1) is 0 Å². The van der Waals surface area contributed by atoms with Crippen molar-refractivity contribution >= 4 is 11.9 Å². The number of anilines is 1.